The van der Waals surface area contributed by atoms with E-state index in [-0.39, 0.29) is 19.4 Å². The van der Waals surface area contributed by atoms with Crippen molar-refractivity contribution >= 4 is 27.9 Å². The summed E-state index contributed by atoms with van der Waals surface area (Å²) in [4.78, 5) is 27.8. The number of pyridine rings is 1. The molecule has 0 aromatic carbocycles. The lowest BCUT2D eigenvalue weighted by Gasteiger charge is -2.26. The number of hydrogen-bond acceptors (Lipinski definition) is 4. The van der Waals surface area contributed by atoms with Crippen LogP contribution < -0.4 is 0 Å². The van der Waals surface area contributed by atoms with Gasteiger partial charge in [0, 0.05) is 23.3 Å². The molecule has 6 heteroatoms. The van der Waals surface area contributed by atoms with E-state index >= 15 is 0 Å². The van der Waals surface area contributed by atoms with E-state index in [0.717, 1.165) is 4.47 Å². The number of hydrogen-bond donors (Lipinski definition) is 1. The summed E-state index contributed by atoms with van der Waals surface area (Å²) in [5, 5.41) is 9.55. The Morgan fingerprint density at radius 1 is 1.40 bits per heavy atom. The zero-order valence-corrected chi connectivity index (χ0v) is 13.1. The molecule has 1 aromatic heterocycles. The molecule has 0 aliphatic heterocycles. The second-order valence-electron chi connectivity index (χ2n) is 4.55. The van der Waals surface area contributed by atoms with Crippen LogP contribution >= 0.6 is 15.9 Å². The fourth-order valence-electron chi connectivity index (χ4n) is 2.13. The summed E-state index contributed by atoms with van der Waals surface area (Å²) in [5.41, 5.74) is -0.865. The minimum atomic E-state index is -1.55. The van der Waals surface area contributed by atoms with Crippen molar-refractivity contribution in [2.75, 3.05) is 6.61 Å². The number of carboxylic acid groups (broad SMARTS) is 1. The molecule has 20 heavy (non-hydrogen) atoms. The second-order valence-corrected chi connectivity index (χ2v) is 5.46. The Kier molecular flexibility index (Phi) is 6.13. The molecular formula is C14H18BrNO4. The van der Waals surface area contributed by atoms with Crippen LogP contribution in [0.1, 0.15) is 32.3 Å². The minimum absolute atomic E-state index is 0.0709. The van der Waals surface area contributed by atoms with E-state index in [1.165, 1.54) is 0 Å². The number of carboxylic acids is 1. The van der Waals surface area contributed by atoms with Gasteiger partial charge in [-0.3, -0.25) is 14.6 Å². The summed E-state index contributed by atoms with van der Waals surface area (Å²) >= 11 is 3.29. The highest BCUT2D eigenvalue weighted by Crippen LogP contribution is 2.31. The van der Waals surface area contributed by atoms with Gasteiger partial charge in [0.05, 0.1) is 6.61 Å². The van der Waals surface area contributed by atoms with Crippen molar-refractivity contribution in [3.05, 3.63) is 28.5 Å². The molecular weight excluding hydrogens is 326 g/mol. The maximum absolute atomic E-state index is 12.2. The molecule has 1 heterocycles. The quantitative estimate of drug-likeness (QED) is 0.608. The van der Waals surface area contributed by atoms with Crippen LogP contribution in [0, 0.1) is 5.41 Å². The molecule has 5 nitrogen and oxygen atoms in total. The van der Waals surface area contributed by atoms with Gasteiger partial charge in [0.1, 0.15) is 0 Å². The Morgan fingerprint density at radius 3 is 2.60 bits per heavy atom. The molecule has 0 saturated carbocycles. The van der Waals surface area contributed by atoms with Gasteiger partial charge < -0.3 is 9.84 Å². The summed E-state index contributed by atoms with van der Waals surface area (Å²) in [6.45, 7) is 3.67. The molecule has 1 N–H and O–H groups in total. The lowest BCUT2D eigenvalue weighted by molar-refractivity contribution is -0.169. The number of nitrogens with zero attached hydrogens (tertiary/aromatic N) is 1. The molecule has 1 unspecified atom stereocenters. The first-order valence-corrected chi connectivity index (χ1v) is 7.25. The van der Waals surface area contributed by atoms with E-state index in [1.54, 1.807) is 25.4 Å². The van der Waals surface area contributed by atoms with Gasteiger partial charge in [-0.05, 0) is 40.9 Å². The van der Waals surface area contributed by atoms with Gasteiger partial charge in [0.25, 0.3) is 0 Å². The van der Waals surface area contributed by atoms with Gasteiger partial charge in [-0.2, -0.15) is 0 Å². The summed E-state index contributed by atoms with van der Waals surface area (Å²) in [6.07, 6.45) is 4.05. The number of carbonyl (C=O) groups is 2. The molecule has 1 atom stereocenters. The van der Waals surface area contributed by atoms with E-state index in [0.29, 0.717) is 12.0 Å². The number of aliphatic carboxylic acids is 1. The van der Waals surface area contributed by atoms with Gasteiger partial charge in [0.2, 0.25) is 0 Å². The molecule has 0 bridgehead atoms. The normalized spacial score (nSPS) is 13.6. The van der Waals surface area contributed by atoms with Crippen LogP contribution in [0.5, 0.6) is 0 Å². The number of ether oxygens (including phenoxy) is 1. The molecule has 0 radical (unpaired) electrons. The molecule has 0 aliphatic carbocycles. The zero-order valence-electron chi connectivity index (χ0n) is 11.6. The lowest BCUT2D eigenvalue weighted by Crippen LogP contribution is -2.42. The SMILES string of the molecule is CCCC(Cc1cncc(Br)c1)(C(=O)O)C(=O)OCC. The molecule has 0 aliphatic rings. The number of carbonyl (C=O) groups excluding carboxylic acids is 1. The Bertz CT molecular complexity index is 492. The van der Waals surface area contributed by atoms with E-state index in [9.17, 15) is 14.7 Å². The van der Waals surface area contributed by atoms with Crippen LogP contribution in [0.3, 0.4) is 0 Å². The van der Waals surface area contributed by atoms with E-state index in [2.05, 4.69) is 20.9 Å². The van der Waals surface area contributed by atoms with Crippen LogP contribution in [0.15, 0.2) is 22.9 Å². The Morgan fingerprint density at radius 2 is 2.10 bits per heavy atom. The van der Waals surface area contributed by atoms with Crippen LogP contribution in [0.2, 0.25) is 0 Å². The van der Waals surface area contributed by atoms with Crippen molar-refractivity contribution < 1.29 is 19.4 Å². The van der Waals surface area contributed by atoms with Crippen molar-refractivity contribution in [1.82, 2.24) is 4.98 Å². The second kappa shape index (κ2) is 7.38. The molecule has 0 amide bonds. The third-order valence-electron chi connectivity index (χ3n) is 3.02. The third kappa shape index (κ3) is 3.79. The Hall–Kier alpha value is -1.43. The Labute approximate surface area is 126 Å². The minimum Gasteiger partial charge on any atom is -0.480 e. The predicted molar refractivity (Wildman–Crippen MR) is 77.3 cm³/mol. The summed E-state index contributed by atoms with van der Waals surface area (Å²) in [6, 6.07) is 1.76. The molecule has 0 fully saturated rings. The number of rotatable bonds is 7. The van der Waals surface area contributed by atoms with Crippen molar-refractivity contribution in [1.29, 1.82) is 0 Å². The van der Waals surface area contributed by atoms with Gasteiger partial charge >= 0.3 is 11.9 Å². The first-order valence-electron chi connectivity index (χ1n) is 6.46. The highest BCUT2D eigenvalue weighted by Gasteiger charge is 2.47. The Balaban J connectivity index is 3.15. The van der Waals surface area contributed by atoms with Crippen molar-refractivity contribution in [3.63, 3.8) is 0 Å². The van der Waals surface area contributed by atoms with Gasteiger partial charge in [-0.25, -0.2) is 0 Å². The maximum atomic E-state index is 12.2. The van der Waals surface area contributed by atoms with Gasteiger partial charge in [0.15, 0.2) is 5.41 Å². The fourth-order valence-corrected chi connectivity index (χ4v) is 2.54. The summed E-state index contributed by atoms with van der Waals surface area (Å²) < 4.78 is 5.72. The topological polar surface area (TPSA) is 76.5 Å². The molecule has 1 aromatic rings. The van der Waals surface area contributed by atoms with E-state index < -0.39 is 17.4 Å². The molecule has 0 saturated heterocycles. The third-order valence-corrected chi connectivity index (χ3v) is 3.45. The van der Waals surface area contributed by atoms with Gasteiger partial charge in [-0.15, -0.1) is 0 Å². The maximum Gasteiger partial charge on any atom is 0.323 e. The smallest absolute Gasteiger partial charge is 0.323 e. The van der Waals surface area contributed by atoms with Crippen molar-refractivity contribution in [2.45, 2.75) is 33.1 Å². The zero-order chi connectivity index (χ0) is 15.2. The van der Waals surface area contributed by atoms with E-state index in [4.69, 9.17) is 4.74 Å². The summed E-state index contributed by atoms with van der Waals surface area (Å²) in [7, 11) is 0. The van der Waals surface area contributed by atoms with Crippen LogP contribution in [0.25, 0.3) is 0 Å². The van der Waals surface area contributed by atoms with Crippen molar-refractivity contribution in [3.8, 4) is 0 Å². The number of halogens is 1. The van der Waals surface area contributed by atoms with Crippen LogP contribution in [-0.2, 0) is 20.7 Å². The largest absolute Gasteiger partial charge is 0.480 e. The predicted octanol–water partition coefficient (Wildman–Crippen LogP) is 2.82. The lowest BCUT2D eigenvalue weighted by atomic mass is 9.78. The van der Waals surface area contributed by atoms with Crippen LogP contribution in [0.4, 0.5) is 0 Å². The van der Waals surface area contributed by atoms with E-state index in [1.807, 2.05) is 6.92 Å². The molecule has 110 valence electrons. The highest BCUT2D eigenvalue weighted by atomic mass is 79.9. The standard InChI is InChI=1S/C14H18BrNO4/c1-3-5-14(12(17)18,13(19)20-4-2)7-10-6-11(15)9-16-8-10/h6,8-9H,3-5,7H2,1-2H3,(H,17,18). The summed E-state index contributed by atoms with van der Waals surface area (Å²) in [5.74, 6) is -1.84. The monoisotopic (exact) mass is 343 g/mol. The van der Waals surface area contributed by atoms with Gasteiger partial charge in [-0.1, -0.05) is 13.3 Å². The number of esters is 1. The van der Waals surface area contributed by atoms with Crippen molar-refractivity contribution in [2.24, 2.45) is 5.41 Å². The first-order chi connectivity index (χ1) is 9.46. The number of aromatic nitrogens is 1. The molecule has 0 spiro atoms. The first kappa shape index (κ1) is 16.6. The average molecular weight is 344 g/mol. The highest BCUT2D eigenvalue weighted by molar-refractivity contribution is 9.10. The van der Waals surface area contributed by atoms with Crippen LogP contribution in [-0.4, -0.2) is 28.6 Å². The fraction of sp³-hybridized carbons (Fsp3) is 0.500. The average Bonchev–Trinajstić information content (AvgIpc) is 2.38. The molecule has 1 rings (SSSR count).